The number of nitrogens with zero attached hydrogens (tertiary/aromatic N) is 2. The van der Waals surface area contributed by atoms with Crippen molar-refractivity contribution in [3.63, 3.8) is 0 Å². The molecule has 1 atom stereocenters. The fraction of sp³-hybridized carbons (Fsp3) is 0.524. The molecule has 29 heavy (non-hydrogen) atoms. The smallest absolute Gasteiger partial charge is 0.328 e. The number of amides is 2. The van der Waals surface area contributed by atoms with Crippen molar-refractivity contribution in [2.75, 3.05) is 5.32 Å². The number of carbonyl (C=O) groups excluding carboxylic acids is 2. The molecule has 0 bridgehead atoms. The summed E-state index contributed by atoms with van der Waals surface area (Å²) in [6.07, 6.45) is 3.93. The van der Waals surface area contributed by atoms with Crippen molar-refractivity contribution in [2.45, 2.75) is 70.9 Å². The van der Waals surface area contributed by atoms with E-state index in [1.54, 1.807) is 31.2 Å². The van der Waals surface area contributed by atoms with Crippen LogP contribution in [0.1, 0.15) is 59.3 Å². The number of rotatable bonds is 5. The number of nitrogens with one attached hydrogen (secondary N) is 2. The highest BCUT2D eigenvalue weighted by Crippen LogP contribution is 2.24. The Kier molecular flexibility index (Phi) is 6.20. The molecule has 3 rings (SSSR count). The predicted octanol–water partition coefficient (Wildman–Crippen LogP) is 4.03. The number of anilines is 1. The first-order valence-electron chi connectivity index (χ1n) is 9.95. The van der Waals surface area contributed by atoms with Crippen LogP contribution in [0.4, 0.5) is 10.5 Å². The predicted molar refractivity (Wildman–Crippen MR) is 108 cm³/mol. The highest BCUT2D eigenvalue weighted by Gasteiger charge is 2.24. The van der Waals surface area contributed by atoms with Crippen LogP contribution >= 0.6 is 0 Å². The molecule has 2 amide bonds. The Morgan fingerprint density at radius 3 is 2.41 bits per heavy atom. The van der Waals surface area contributed by atoms with E-state index in [0.717, 1.165) is 31.2 Å². The van der Waals surface area contributed by atoms with E-state index in [1.165, 1.54) is 0 Å². The van der Waals surface area contributed by atoms with Crippen LogP contribution in [-0.2, 0) is 14.9 Å². The Hall–Kier alpha value is -2.90. The van der Waals surface area contributed by atoms with Crippen molar-refractivity contribution < 1.29 is 18.8 Å². The number of hydrogen-bond donors (Lipinski definition) is 2. The van der Waals surface area contributed by atoms with Crippen LogP contribution in [0.3, 0.4) is 0 Å². The van der Waals surface area contributed by atoms with Gasteiger partial charge in [0.2, 0.25) is 11.7 Å². The lowest BCUT2D eigenvalue weighted by atomic mass is 9.97. The number of hydrogen-bond acceptors (Lipinski definition) is 6. The molecule has 8 nitrogen and oxygen atoms in total. The molecular weight excluding hydrogens is 372 g/mol. The van der Waals surface area contributed by atoms with Gasteiger partial charge in [-0.2, -0.15) is 4.98 Å². The van der Waals surface area contributed by atoms with Gasteiger partial charge in [-0.15, -0.1) is 0 Å². The monoisotopic (exact) mass is 400 g/mol. The minimum atomic E-state index is -0.718. The second-order valence-electron chi connectivity index (χ2n) is 8.41. The van der Waals surface area contributed by atoms with E-state index in [4.69, 9.17) is 9.26 Å². The third-order valence-corrected chi connectivity index (χ3v) is 4.75. The van der Waals surface area contributed by atoms with E-state index in [1.807, 2.05) is 20.8 Å². The van der Waals surface area contributed by atoms with Crippen molar-refractivity contribution in [1.29, 1.82) is 0 Å². The van der Waals surface area contributed by atoms with Crippen LogP contribution in [0.25, 0.3) is 11.4 Å². The molecule has 1 aromatic carbocycles. The molecule has 0 saturated heterocycles. The Labute approximate surface area is 170 Å². The van der Waals surface area contributed by atoms with Crippen molar-refractivity contribution in [2.24, 2.45) is 0 Å². The van der Waals surface area contributed by atoms with Crippen molar-refractivity contribution in [3.05, 3.63) is 30.2 Å². The van der Waals surface area contributed by atoms with Gasteiger partial charge in [0, 0.05) is 16.7 Å². The van der Waals surface area contributed by atoms with Crippen LogP contribution in [0, 0.1) is 0 Å². The summed E-state index contributed by atoms with van der Waals surface area (Å²) >= 11 is 0. The highest BCUT2D eigenvalue weighted by molar-refractivity contribution is 5.92. The summed E-state index contributed by atoms with van der Waals surface area (Å²) in [5.74, 6) is 0.649. The number of benzene rings is 1. The van der Waals surface area contributed by atoms with Crippen molar-refractivity contribution in [1.82, 2.24) is 15.5 Å². The third-order valence-electron chi connectivity index (χ3n) is 4.75. The van der Waals surface area contributed by atoms with Gasteiger partial charge in [0.1, 0.15) is 12.1 Å². The van der Waals surface area contributed by atoms with Crippen molar-refractivity contribution in [3.8, 4) is 11.4 Å². The second-order valence-corrected chi connectivity index (χ2v) is 8.41. The Bertz CT molecular complexity index is 848. The zero-order valence-electron chi connectivity index (χ0n) is 17.3. The fourth-order valence-corrected chi connectivity index (χ4v) is 3.04. The Balaban J connectivity index is 1.53. The number of ether oxygens (including phenoxy) is 1. The largest absolute Gasteiger partial charge is 0.461 e. The lowest BCUT2D eigenvalue weighted by molar-refractivity contribution is -0.150. The maximum atomic E-state index is 12.2. The Morgan fingerprint density at radius 1 is 1.17 bits per heavy atom. The summed E-state index contributed by atoms with van der Waals surface area (Å²) in [5.41, 5.74) is 1.14. The van der Waals surface area contributed by atoms with Gasteiger partial charge >= 0.3 is 12.0 Å². The Morgan fingerprint density at radius 2 is 1.83 bits per heavy atom. The molecule has 1 heterocycles. The fourth-order valence-electron chi connectivity index (χ4n) is 3.04. The van der Waals surface area contributed by atoms with E-state index in [2.05, 4.69) is 20.8 Å². The van der Waals surface area contributed by atoms with E-state index in [0.29, 0.717) is 17.4 Å². The average molecular weight is 400 g/mol. The number of aromatic nitrogens is 2. The lowest BCUT2D eigenvalue weighted by Gasteiger charge is -2.17. The molecule has 156 valence electrons. The van der Waals surface area contributed by atoms with Gasteiger partial charge in [0.25, 0.3) is 0 Å². The molecule has 0 spiro atoms. The van der Waals surface area contributed by atoms with Crippen LogP contribution < -0.4 is 10.6 Å². The van der Waals surface area contributed by atoms with Crippen LogP contribution in [0.2, 0.25) is 0 Å². The van der Waals surface area contributed by atoms with Crippen LogP contribution in [0.5, 0.6) is 0 Å². The first-order valence-corrected chi connectivity index (χ1v) is 9.95. The second kappa shape index (κ2) is 8.63. The molecule has 1 saturated carbocycles. The SMILES string of the molecule is C[C@H](NC(=O)Nc1ccc(-c2noc(C(C)(C)C)n2)cc1)C(=O)OC1CCCC1. The summed E-state index contributed by atoms with van der Waals surface area (Å²) in [5, 5.41) is 9.32. The standard InChI is InChI=1S/C21H28N4O4/c1-13(18(26)28-16-7-5-6-8-16)22-20(27)23-15-11-9-14(10-12-15)17-24-19(29-25-17)21(2,3)4/h9-13,16H,5-8H2,1-4H3,(H2,22,23,27)/t13-/m0/s1. The molecule has 2 aromatic rings. The van der Waals surface area contributed by atoms with Gasteiger partial charge in [-0.1, -0.05) is 25.9 Å². The van der Waals surface area contributed by atoms with Gasteiger partial charge in [0.15, 0.2) is 0 Å². The molecule has 1 aliphatic rings. The normalized spacial score (nSPS) is 15.7. The summed E-state index contributed by atoms with van der Waals surface area (Å²) < 4.78 is 10.7. The molecule has 0 unspecified atom stereocenters. The molecule has 8 heteroatoms. The molecule has 2 N–H and O–H groups in total. The first kappa shape index (κ1) is 20.8. The van der Waals surface area contributed by atoms with E-state index < -0.39 is 18.0 Å². The molecule has 1 aliphatic carbocycles. The zero-order valence-corrected chi connectivity index (χ0v) is 17.3. The van der Waals surface area contributed by atoms with E-state index in [9.17, 15) is 9.59 Å². The number of carbonyl (C=O) groups is 2. The minimum absolute atomic E-state index is 0.0219. The molecule has 0 radical (unpaired) electrons. The van der Waals surface area contributed by atoms with Gasteiger partial charge in [-0.05, 0) is 56.9 Å². The lowest BCUT2D eigenvalue weighted by Crippen LogP contribution is -2.42. The van der Waals surface area contributed by atoms with Crippen LogP contribution in [0.15, 0.2) is 28.8 Å². The zero-order chi connectivity index (χ0) is 21.0. The average Bonchev–Trinajstić information content (AvgIpc) is 3.33. The molecule has 1 aromatic heterocycles. The van der Waals surface area contributed by atoms with Gasteiger partial charge < -0.3 is 19.9 Å². The summed E-state index contributed by atoms with van der Waals surface area (Å²) in [4.78, 5) is 28.7. The van der Waals surface area contributed by atoms with Crippen molar-refractivity contribution >= 4 is 17.7 Å². The number of esters is 1. The maximum Gasteiger partial charge on any atom is 0.328 e. The molecule has 0 aliphatic heterocycles. The van der Waals surface area contributed by atoms with E-state index >= 15 is 0 Å². The highest BCUT2D eigenvalue weighted by atomic mass is 16.5. The van der Waals surface area contributed by atoms with Gasteiger partial charge in [0.05, 0.1) is 0 Å². The number of urea groups is 1. The molecular formula is C21H28N4O4. The van der Waals surface area contributed by atoms with Crippen LogP contribution in [-0.4, -0.2) is 34.3 Å². The summed E-state index contributed by atoms with van der Waals surface area (Å²) in [6.45, 7) is 7.62. The topological polar surface area (TPSA) is 106 Å². The third kappa shape index (κ3) is 5.56. The minimum Gasteiger partial charge on any atom is -0.461 e. The quantitative estimate of drug-likeness (QED) is 0.734. The first-order chi connectivity index (χ1) is 13.7. The molecule has 1 fully saturated rings. The van der Waals surface area contributed by atoms with Gasteiger partial charge in [-0.25, -0.2) is 9.59 Å². The van der Waals surface area contributed by atoms with E-state index in [-0.39, 0.29) is 11.5 Å². The van der Waals surface area contributed by atoms with Gasteiger partial charge in [-0.3, -0.25) is 0 Å². The maximum absolute atomic E-state index is 12.2. The summed E-state index contributed by atoms with van der Waals surface area (Å²) in [6, 6.07) is 5.89. The summed E-state index contributed by atoms with van der Waals surface area (Å²) in [7, 11) is 0.